The van der Waals surface area contributed by atoms with Gasteiger partial charge in [-0.15, -0.1) is 5.10 Å². The molecule has 3 rings (SSSR count). The molecule has 0 radical (unpaired) electrons. The van der Waals surface area contributed by atoms with Crippen molar-refractivity contribution in [1.82, 2.24) is 29.6 Å². The number of fused-ring (bicyclic) bond motifs is 1. The zero-order chi connectivity index (χ0) is 14.1. The number of nitrogens with zero attached hydrogens (tertiary/aromatic N) is 6. The predicted octanol–water partition coefficient (Wildman–Crippen LogP) is 0.819. The second kappa shape index (κ2) is 5.04. The first kappa shape index (κ1) is 12.8. The molecule has 7 nitrogen and oxygen atoms in total. The zero-order valence-electron chi connectivity index (χ0n) is 11.0. The molecular formula is C12H12N6OS. The Morgan fingerprint density at radius 3 is 3.00 bits per heavy atom. The van der Waals surface area contributed by atoms with Crippen molar-refractivity contribution in [2.24, 2.45) is 7.05 Å². The van der Waals surface area contributed by atoms with Crippen molar-refractivity contribution in [3.05, 3.63) is 46.0 Å². The summed E-state index contributed by atoms with van der Waals surface area (Å²) in [6, 6.07) is 5.32. The minimum absolute atomic E-state index is 0.0783. The topological polar surface area (TPSA) is 78.0 Å². The minimum atomic E-state index is -0.0783. The van der Waals surface area contributed by atoms with E-state index in [-0.39, 0.29) is 5.56 Å². The lowest BCUT2D eigenvalue weighted by atomic mass is 10.3. The van der Waals surface area contributed by atoms with E-state index in [4.69, 9.17) is 0 Å². The Hall–Kier alpha value is -2.22. The van der Waals surface area contributed by atoms with Crippen LogP contribution in [0.3, 0.4) is 0 Å². The van der Waals surface area contributed by atoms with Gasteiger partial charge in [-0.1, -0.05) is 17.8 Å². The molecule has 102 valence electrons. The smallest absolute Gasteiger partial charge is 0.258 e. The summed E-state index contributed by atoms with van der Waals surface area (Å²) in [7, 11) is 1.77. The summed E-state index contributed by atoms with van der Waals surface area (Å²) in [4.78, 5) is 16.6. The van der Waals surface area contributed by atoms with Gasteiger partial charge in [-0.25, -0.2) is 9.67 Å². The van der Waals surface area contributed by atoms with Crippen LogP contribution in [0.1, 0.15) is 11.3 Å². The third kappa shape index (κ3) is 2.29. The lowest BCUT2D eigenvalue weighted by molar-refractivity contribution is 0.664. The normalized spacial score (nSPS) is 11.1. The van der Waals surface area contributed by atoms with Gasteiger partial charge in [0, 0.05) is 25.1 Å². The number of aryl methyl sites for hydroxylation is 2. The Morgan fingerprint density at radius 1 is 1.40 bits per heavy atom. The Morgan fingerprint density at radius 2 is 2.25 bits per heavy atom. The fraction of sp³-hybridized carbons (Fsp3) is 0.250. The minimum Gasteiger partial charge on any atom is -0.269 e. The molecule has 0 bridgehead atoms. The van der Waals surface area contributed by atoms with Gasteiger partial charge in [-0.2, -0.15) is 0 Å². The number of aromatic nitrogens is 6. The lowest BCUT2D eigenvalue weighted by Crippen LogP contribution is -2.15. The molecule has 0 aliphatic heterocycles. The Balaban J connectivity index is 1.95. The SMILES string of the molecule is Cc1cccn2c(=O)cc(CSc3nnnn3C)nc12. The second-order valence-electron chi connectivity index (χ2n) is 4.34. The van der Waals surface area contributed by atoms with Gasteiger partial charge in [0.2, 0.25) is 5.16 Å². The molecule has 0 spiro atoms. The van der Waals surface area contributed by atoms with Gasteiger partial charge >= 0.3 is 0 Å². The molecule has 20 heavy (non-hydrogen) atoms. The molecule has 0 fully saturated rings. The molecule has 0 saturated heterocycles. The van der Waals surface area contributed by atoms with Gasteiger partial charge < -0.3 is 0 Å². The number of hydrogen-bond donors (Lipinski definition) is 0. The van der Waals surface area contributed by atoms with Crippen LogP contribution in [0.4, 0.5) is 0 Å². The summed E-state index contributed by atoms with van der Waals surface area (Å²) >= 11 is 1.45. The van der Waals surface area contributed by atoms with Crippen molar-refractivity contribution in [2.75, 3.05) is 0 Å². The predicted molar refractivity (Wildman–Crippen MR) is 74.6 cm³/mol. The summed E-state index contributed by atoms with van der Waals surface area (Å²) in [6.07, 6.45) is 1.72. The van der Waals surface area contributed by atoms with E-state index in [2.05, 4.69) is 20.5 Å². The van der Waals surface area contributed by atoms with Crippen molar-refractivity contribution < 1.29 is 0 Å². The van der Waals surface area contributed by atoms with Gasteiger partial charge in [-0.3, -0.25) is 9.20 Å². The molecule has 3 heterocycles. The molecule has 0 saturated carbocycles. The molecule has 0 N–H and O–H groups in total. The molecule has 3 aromatic heterocycles. The van der Waals surface area contributed by atoms with Crippen LogP contribution in [0.2, 0.25) is 0 Å². The number of hydrogen-bond acceptors (Lipinski definition) is 6. The lowest BCUT2D eigenvalue weighted by Gasteiger charge is -2.05. The molecule has 0 amide bonds. The van der Waals surface area contributed by atoms with Crippen LogP contribution in [-0.2, 0) is 12.8 Å². The quantitative estimate of drug-likeness (QED) is 0.664. The van der Waals surface area contributed by atoms with E-state index in [0.717, 1.165) is 11.3 Å². The first-order chi connectivity index (χ1) is 9.65. The van der Waals surface area contributed by atoms with Crippen LogP contribution < -0.4 is 5.56 Å². The van der Waals surface area contributed by atoms with Crippen molar-refractivity contribution in [3.8, 4) is 0 Å². The molecule has 0 aromatic carbocycles. The van der Waals surface area contributed by atoms with Crippen molar-refractivity contribution >= 4 is 17.4 Å². The summed E-state index contributed by atoms with van der Waals surface area (Å²) in [6.45, 7) is 1.94. The maximum Gasteiger partial charge on any atom is 0.258 e. The van der Waals surface area contributed by atoms with Gasteiger partial charge in [0.25, 0.3) is 5.56 Å². The maximum atomic E-state index is 12.0. The molecule has 3 aromatic rings. The largest absolute Gasteiger partial charge is 0.269 e. The molecule has 8 heteroatoms. The van der Waals surface area contributed by atoms with E-state index < -0.39 is 0 Å². The molecule has 0 aliphatic rings. The average molecular weight is 288 g/mol. The van der Waals surface area contributed by atoms with Crippen LogP contribution in [0, 0.1) is 6.92 Å². The van der Waals surface area contributed by atoms with Gasteiger partial charge in [-0.05, 0) is 29.0 Å². The number of pyridine rings is 1. The van der Waals surface area contributed by atoms with E-state index in [0.29, 0.717) is 16.6 Å². The standard InChI is InChI=1S/C12H12N6OS/c1-8-4-3-5-18-10(19)6-9(13-11(8)18)7-20-12-14-15-16-17(12)2/h3-6H,7H2,1-2H3. The second-order valence-corrected chi connectivity index (χ2v) is 5.29. The highest BCUT2D eigenvalue weighted by atomic mass is 32.2. The van der Waals surface area contributed by atoms with Crippen LogP contribution in [0.15, 0.2) is 34.3 Å². The first-order valence-corrected chi connectivity index (χ1v) is 6.97. The summed E-state index contributed by atoms with van der Waals surface area (Å²) in [5.41, 5.74) is 2.30. The maximum absolute atomic E-state index is 12.0. The van der Waals surface area contributed by atoms with Gasteiger partial charge in [0.15, 0.2) is 0 Å². The first-order valence-electron chi connectivity index (χ1n) is 5.98. The summed E-state index contributed by atoms with van der Waals surface area (Å²) in [5.74, 6) is 0.550. The Labute approximate surface area is 118 Å². The summed E-state index contributed by atoms with van der Waals surface area (Å²) < 4.78 is 3.14. The van der Waals surface area contributed by atoms with Crippen LogP contribution in [0.5, 0.6) is 0 Å². The van der Waals surface area contributed by atoms with E-state index in [1.165, 1.54) is 11.8 Å². The van der Waals surface area contributed by atoms with E-state index >= 15 is 0 Å². The fourth-order valence-electron chi connectivity index (χ4n) is 1.86. The van der Waals surface area contributed by atoms with E-state index in [1.54, 1.807) is 28.4 Å². The number of thioether (sulfide) groups is 1. The van der Waals surface area contributed by atoms with Crippen LogP contribution in [-0.4, -0.2) is 29.6 Å². The molecule has 0 atom stereocenters. The number of rotatable bonds is 3. The summed E-state index contributed by atoms with van der Waals surface area (Å²) in [5, 5.41) is 11.9. The molecule has 0 unspecified atom stereocenters. The third-order valence-electron chi connectivity index (χ3n) is 2.87. The van der Waals surface area contributed by atoms with Crippen LogP contribution in [0.25, 0.3) is 5.65 Å². The van der Waals surface area contributed by atoms with Crippen molar-refractivity contribution in [3.63, 3.8) is 0 Å². The fourth-order valence-corrected chi connectivity index (χ4v) is 2.61. The van der Waals surface area contributed by atoms with Gasteiger partial charge in [0.1, 0.15) is 5.65 Å². The van der Waals surface area contributed by atoms with E-state index in [9.17, 15) is 4.79 Å². The monoisotopic (exact) mass is 288 g/mol. The van der Waals surface area contributed by atoms with Gasteiger partial charge in [0.05, 0.1) is 5.69 Å². The highest BCUT2D eigenvalue weighted by Crippen LogP contribution is 2.18. The number of tetrazole rings is 1. The van der Waals surface area contributed by atoms with Crippen molar-refractivity contribution in [1.29, 1.82) is 0 Å². The molecule has 0 aliphatic carbocycles. The highest BCUT2D eigenvalue weighted by Gasteiger charge is 2.07. The van der Waals surface area contributed by atoms with Crippen LogP contribution >= 0.6 is 11.8 Å². The zero-order valence-corrected chi connectivity index (χ0v) is 11.8. The third-order valence-corrected chi connectivity index (χ3v) is 3.91. The van der Waals surface area contributed by atoms with E-state index in [1.807, 2.05) is 19.1 Å². The van der Waals surface area contributed by atoms with Crippen molar-refractivity contribution in [2.45, 2.75) is 17.8 Å². The highest BCUT2D eigenvalue weighted by molar-refractivity contribution is 7.98. The Bertz CT molecular complexity index is 824. The average Bonchev–Trinajstić information content (AvgIpc) is 2.83. The molecular weight excluding hydrogens is 276 g/mol. The Kier molecular flexibility index (Phi) is 3.23.